The molecular weight excluding hydrogens is 512 g/mol. The fraction of sp³-hybridized carbons (Fsp3) is 0.406. The molecule has 0 radical (unpaired) electrons. The normalized spacial score (nSPS) is 13.8. The molecule has 8 heteroatoms. The van der Waals surface area contributed by atoms with Crippen molar-refractivity contribution in [3.8, 4) is 28.7 Å². The first-order valence-electron chi connectivity index (χ1n) is 13.2. The molecule has 1 unspecified atom stereocenters. The fourth-order valence-electron chi connectivity index (χ4n) is 4.67. The maximum absolute atomic E-state index is 12.2. The smallest absolute Gasteiger partial charge is 0.308 e. The number of benzene rings is 2. The van der Waals surface area contributed by atoms with Crippen LogP contribution < -0.4 is 23.7 Å². The van der Waals surface area contributed by atoms with Crippen LogP contribution in [0, 0.1) is 0 Å². The number of hydrogen-bond acceptors (Lipinski definition) is 8. The Labute approximate surface area is 235 Å². The molecule has 0 aliphatic carbocycles. The van der Waals surface area contributed by atoms with E-state index in [2.05, 4.69) is 0 Å². The lowest BCUT2D eigenvalue weighted by atomic mass is 9.86. The minimum atomic E-state index is -0.482. The van der Waals surface area contributed by atoms with Gasteiger partial charge in [0.05, 0.1) is 13.7 Å². The Hall–Kier alpha value is -4.07. The van der Waals surface area contributed by atoms with Crippen LogP contribution in [0.1, 0.15) is 76.6 Å². The molecule has 214 valence electrons. The van der Waals surface area contributed by atoms with Crippen molar-refractivity contribution in [1.82, 2.24) is 0 Å². The Morgan fingerprint density at radius 2 is 1.35 bits per heavy atom. The zero-order valence-corrected chi connectivity index (χ0v) is 24.6. The van der Waals surface area contributed by atoms with Crippen molar-refractivity contribution in [2.75, 3.05) is 13.7 Å². The van der Waals surface area contributed by atoms with Gasteiger partial charge in [-0.25, -0.2) is 0 Å². The molecule has 0 N–H and O–H groups in total. The predicted molar refractivity (Wildman–Crippen MR) is 152 cm³/mol. The highest BCUT2D eigenvalue weighted by Gasteiger charge is 2.32. The highest BCUT2D eigenvalue weighted by Crippen LogP contribution is 2.47. The SMILES string of the molecule is COc1c2c(cc(OC(C)=O)c1CC=C(C)C)OCC(c1ccc(OC(C)=O)c(CC=C(C)C)c1OC(C)=O)C2. The van der Waals surface area contributed by atoms with Crippen molar-refractivity contribution in [1.29, 1.82) is 0 Å². The lowest BCUT2D eigenvalue weighted by molar-refractivity contribution is -0.133. The molecule has 0 amide bonds. The summed E-state index contributed by atoms with van der Waals surface area (Å²) in [5, 5.41) is 0. The number of hydrogen-bond donors (Lipinski definition) is 0. The van der Waals surface area contributed by atoms with Crippen LogP contribution in [0.2, 0.25) is 0 Å². The number of carbonyl (C=O) groups excluding carboxylic acids is 3. The number of carbonyl (C=O) groups is 3. The molecule has 0 aromatic heterocycles. The van der Waals surface area contributed by atoms with E-state index in [0.29, 0.717) is 53.6 Å². The molecule has 0 spiro atoms. The lowest BCUT2D eigenvalue weighted by Crippen LogP contribution is -2.22. The second-order valence-electron chi connectivity index (χ2n) is 10.3. The summed E-state index contributed by atoms with van der Waals surface area (Å²) in [5.41, 5.74) is 5.12. The van der Waals surface area contributed by atoms with E-state index in [0.717, 1.165) is 27.8 Å². The lowest BCUT2D eigenvalue weighted by Gasteiger charge is -2.30. The molecular formula is C32H38O8. The minimum Gasteiger partial charge on any atom is -0.496 e. The summed E-state index contributed by atoms with van der Waals surface area (Å²) in [6, 6.07) is 5.28. The molecule has 0 fully saturated rings. The van der Waals surface area contributed by atoms with E-state index in [-0.39, 0.29) is 12.5 Å². The van der Waals surface area contributed by atoms with Crippen molar-refractivity contribution in [2.24, 2.45) is 0 Å². The monoisotopic (exact) mass is 550 g/mol. The van der Waals surface area contributed by atoms with E-state index in [9.17, 15) is 14.4 Å². The molecule has 8 nitrogen and oxygen atoms in total. The summed E-state index contributed by atoms with van der Waals surface area (Å²) >= 11 is 0. The van der Waals surface area contributed by atoms with Crippen LogP contribution in [0.3, 0.4) is 0 Å². The van der Waals surface area contributed by atoms with Crippen LogP contribution in [0.5, 0.6) is 28.7 Å². The molecule has 1 aliphatic rings. The summed E-state index contributed by atoms with van der Waals surface area (Å²) in [6.07, 6.45) is 5.47. The van der Waals surface area contributed by atoms with Crippen LogP contribution in [-0.2, 0) is 33.6 Å². The topological polar surface area (TPSA) is 97.4 Å². The van der Waals surface area contributed by atoms with Gasteiger partial charge >= 0.3 is 17.9 Å². The van der Waals surface area contributed by atoms with Gasteiger partial charge in [0.15, 0.2) is 0 Å². The summed E-state index contributed by atoms with van der Waals surface area (Å²) in [5.74, 6) is 0.675. The fourth-order valence-corrected chi connectivity index (χ4v) is 4.67. The second kappa shape index (κ2) is 13.3. The van der Waals surface area contributed by atoms with Gasteiger partial charge in [0.2, 0.25) is 0 Å². The number of rotatable bonds is 9. The average Bonchev–Trinajstić information content (AvgIpc) is 2.85. The molecule has 40 heavy (non-hydrogen) atoms. The molecule has 2 aromatic carbocycles. The van der Waals surface area contributed by atoms with E-state index < -0.39 is 17.9 Å². The van der Waals surface area contributed by atoms with Gasteiger partial charge in [-0.1, -0.05) is 29.4 Å². The van der Waals surface area contributed by atoms with E-state index in [4.69, 9.17) is 23.7 Å². The van der Waals surface area contributed by atoms with Gasteiger partial charge in [0, 0.05) is 55.0 Å². The first kappa shape index (κ1) is 30.5. The number of methoxy groups -OCH3 is 1. The zero-order chi connectivity index (χ0) is 29.6. The first-order chi connectivity index (χ1) is 18.9. The zero-order valence-electron chi connectivity index (χ0n) is 24.6. The Morgan fingerprint density at radius 3 is 1.88 bits per heavy atom. The van der Waals surface area contributed by atoms with Crippen molar-refractivity contribution < 1.29 is 38.1 Å². The molecule has 1 heterocycles. The molecule has 0 saturated heterocycles. The molecule has 1 aliphatic heterocycles. The van der Waals surface area contributed by atoms with Gasteiger partial charge in [-0.3, -0.25) is 14.4 Å². The van der Waals surface area contributed by atoms with Crippen LogP contribution >= 0.6 is 0 Å². The third kappa shape index (κ3) is 7.52. The largest absolute Gasteiger partial charge is 0.496 e. The summed E-state index contributed by atoms with van der Waals surface area (Å²) in [4.78, 5) is 35.9. The predicted octanol–water partition coefficient (Wildman–Crippen LogP) is 6.21. The van der Waals surface area contributed by atoms with Gasteiger partial charge < -0.3 is 23.7 Å². The van der Waals surface area contributed by atoms with E-state index in [1.807, 2.05) is 45.9 Å². The first-order valence-corrected chi connectivity index (χ1v) is 13.2. The van der Waals surface area contributed by atoms with Gasteiger partial charge in [-0.15, -0.1) is 0 Å². The summed E-state index contributed by atoms with van der Waals surface area (Å²) < 4.78 is 28.9. The van der Waals surface area contributed by atoms with Crippen LogP contribution in [0.15, 0.2) is 41.5 Å². The number of allylic oxidation sites excluding steroid dienone is 4. The Morgan fingerprint density at radius 1 is 0.800 bits per heavy atom. The van der Waals surface area contributed by atoms with Crippen molar-refractivity contribution in [2.45, 2.75) is 73.6 Å². The minimum absolute atomic E-state index is 0.205. The Kier molecular flexibility index (Phi) is 10.2. The van der Waals surface area contributed by atoms with Gasteiger partial charge in [-0.2, -0.15) is 0 Å². The van der Waals surface area contributed by atoms with E-state index in [1.165, 1.54) is 20.8 Å². The quantitative estimate of drug-likeness (QED) is 0.207. The number of fused-ring (bicyclic) bond motifs is 1. The molecule has 0 bridgehead atoms. The summed E-state index contributed by atoms with van der Waals surface area (Å²) in [6.45, 7) is 12.2. The molecule has 3 rings (SSSR count). The summed E-state index contributed by atoms with van der Waals surface area (Å²) in [7, 11) is 1.58. The van der Waals surface area contributed by atoms with Crippen LogP contribution in [0.4, 0.5) is 0 Å². The van der Waals surface area contributed by atoms with E-state index in [1.54, 1.807) is 19.2 Å². The third-order valence-corrected chi connectivity index (χ3v) is 6.37. The molecule has 2 aromatic rings. The van der Waals surface area contributed by atoms with Crippen LogP contribution in [0.25, 0.3) is 0 Å². The van der Waals surface area contributed by atoms with Gasteiger partial charge in [0.25, 0.3) is 0 Å². The van der Waals surface area contributed by atoms with Crippen molar-refractivity contribution >= 4 is 17.9 Å². The van der Waals surface area contributed by atoms with Gasteiger partial charge in [-0.05, 0) is 53.0 Å². The Balaban J connectivity index is 2.17. The van der Waals surface area contributed by atoms with E-state index >= 15 is 0 Å². The average molecular weight is 551 g/mol. The van der Waals surface area contributed by atoms with Crippen LogP contribution in [-0.4, -0.2) is 31.6 Å². The highest BCUT2D eigenvalue weighted by atomic mass is 16.5. The van der Waals surface area contributed by atoms with Crippen molar-refractivity contribution in [3.63, 3.8) is 0 Å². The number of ether oxygens (including phenoxy) is 5. The third-order valence-electron chi connectivity index (χ3n) is 6.37. The Bertz CT molecular complexity index is 1360. The number of esters is 3. The van der Waals surface area contributed by atoms with Gasteiger partial charge in [0.1, 0.15) is 28.7 Å². The maximum Gasteiger partial charge on any atom is 0.308 e. The standard InChI is InChI=1S/C32H38O8/c1-18(2)9-11-25-28(38-20(5)33)14-13-24(32(25)40-22(7)35)23-15-27-29(37-17-23)16-30(39-21(6)34)26(31(27)36-8)12-10-19(3)4/h9-10,13-14,16,23H,11-12,15,17H2,1-8H3. The highest BCUT2D eigenvalue weighted by molar-refractivity contribution is 5.74. The second-order valence-corrected chi connectivity index (χ2v) is 10.3. The maximum atomic E-state index is 12.2. The van der Waals surface area contributed by atoms with Crippen molar-refractivity contribution in [3.05, 3.63) is 63.8 Å². The molecule has 1 atom stereocenters. The molecule has 0 saturated carbocycles.